The number of benzene rings is 1. The molecule has 0 saturated carbocycles. The smallest absolute Gasteiger partial charge is 0.287 e. The van der Waals surface area contributed by atoms with Crippen molar-refractivity contribution < 1.29 is 13.9 Å². The minimum absolute atomic E-state index is 0.230. The summed E-state index contributed by atoms with van der Waals surface area (Å²) in [7, 11) is 1.58. The fraction of sp³-hybridized carbons (Fsp3) is 0.450. The predicted octanol–water partition coefficient (Wildman–Crippen LogP) is 3.77. The number of nitrogens with one attached hydrogen (secondary N) is 1. The number of furan rings is 1. The Kier molecular flexibility index (Phi) is 6.61. The fourth-order valence-corrected chi connectivity index (χ4v) is 3.57. The average Bonchev–Trinajstić information content (AvgIpc) is 3.28. The van der Waals surface area contributed by atoms with Gasteiger partial charge in [0.05, 0.1) is 7.11 Å². The van der Waals surface area contributed by atoms with Crippen LogP contribution in [0.15, 0.2) is 33.8 Å². The number of nitrogens with zero attached hydrogens (tertiary/aromatic N) is 3. The maximum absolute atomic E-state index is 12.4. The van der Waals surface area contributed by atoms with Crippen LogP contribution in [0.2, 0.25) is 0 Å². The number of para-hydroxylation sites is 1. The molecule has 0 bridgehead atoms. The lowest BCUT2D eigenvalue weighted by Gasteiger charge is -2.11. The van der Waals surface area contributed by atoms with Gasteiger partial charge in [0.1, 0.15) is 5.82 Å². The molecule has 0 fully saturated rings. The maximum atomic E-state index is 12.4. The Balaban J connectivity index is 1.57. The summed E-state index contributed by atoms with van der Waals surface area (Å²) in [5, 5.41) is 13.3. The first-order chi connectivity index (χ1) is 13.5. The number of aryl methyl sites for hydroxylation is 1. The minimum Gasteiger partial charge on any atom is -0.493 e. The highest BCUT2D eigenvalue weighted by Crippen LogP contribution is 2.28. The van der Waals surface area contributed by atoms with Gasteiger partial charge in [0.25, 0.3) is 5.91 Å². The number of methoxy groups -OCH3 is 1. The Bertz CT molecular complexity index is 948. The lowest BCUT2D eigenvalue weighted by Crippen LogP contribution is -2.24. The van der Waals surface area contributed by atoms with Gasteiger partial charge in [-0.05, 0) is 30.7 Å². The summed E-state index contributed by atoms with van der Waals surface area (Å²) < 4.78 is 13.1. The van der Waals surface area contributed by atoms with Gasteiger partial charge in [0.2, 0.25) is 0 Å². The van der Waals surface area contributed by atoms with Crippen molar-refractivity contribution in [2.45, 2.75) is 38.4 Å². The van der Waals surface area contributed by atoms with E-state index in [0.29, 0.717) is 23.8 Å². The summed E-state index contributed by atoms with van der Waals surface area (Å²) in [5.41, 5.74) is 0.585. The van der Waals surface area contributed by atoms with Gasteiger partial charge < -0.3 is 19.0 Å². The Hall–Kier alpha value is -2.48. The largest absolute Gasteiger partial charge is 0.493 e. The van der Waals surface area contributed by atoms with E-state index < -0.39 is 0 Å². The van der Waals surface area contributed by atoms with Gasteiger partial charge in [0.15, 0.2) is 22.2 Å². The van der Waals surface area contributed by atoms with E-state index in [1.807, 2.05) is 24.5 Å². The van der Waals surface area contributed by atoms with E-state index in [0.717, 1.165) is 35.8 Å². The average molecular weight is 403 g/mol. The zero-order valence-corrected chi connectivity index (χ0v) is 17.5. The van der Waals surface area contributed by atoms with Crippen molar-refractivity contribution in [2.24, 2.45) is 5.92 Å². The van der Waals surface area contributed by atoms with E-state index in [-0.39, 0.29) is 11.7 Å². The van der Waals surface area contributed by atoms with Crippen LogP contribution >= 0.6 is 11.8 Å². The monoisotopic (exact) mass is 402 g/mol. The van der Waals surface area contributed by atoms with Gasteiger partial charge in [-0.1, -0.05) is 37.7 Å². The highest BCUT2D eigenvalue weighted by molar-refractivity contribution is 7.98. The molecule has 2 heterocycles. The lowest BCUT2D eigenvalue weighted by atomic mass is 10.2. The lowest BCUT2D eigenvalue weighted by molar-refractivity contribution is 0.0927. The Morgan fingerprint density at radius 1 is 1.36 bits per heavy atom. The molecule has 2 aromatic heterocycles. The molecule has 3 rings (SSSR count). The molecule has 0 aliphatic heterocycles. The number of fused-ring (bicyclic) bond motifs is 1. The highest BCUT2D eigenvalue weighted by atomic mass is 32.2. The molecule has 1 N–H and O–H groups in total. The molecule has 0 atom stereocenters. The second-order valence-electron chi connectivity index (χ2n) is 6.96. The van der Waals surface area contributed by atoms with E-state index in [1.54, 1.807) is 24.9 Å². The van der Waals surface area contributed by atoms with Crippen LogP contribution in [0, 0.1) is 5.92 Å². The van der Waals surface area contributed by atoms with Gasteiger partial charge in [-0.2, -0.15) is 0 Å². The quantitative estimate of drug-likeness (QED) is 0.433. The minimum atomic E-state index is -0.230. The van der Waals surface area contributed by atoms with Crippen LogP contribution in [0.5, 0.6) is 5.75 Å². The molecule has 1 amide bonds. The molecule has 0 unspecified atom stereocenters. The predicted molar refractivity (Wildman–Crippen MR) is 110 cm³/mol. The summed E-state index contributed by atoms with van der Waals surface area (Å²) in [4.78, 5) is 12.4. The van der Waals surface area contributed by atoms with Crippen molar-refractivity contribution in [1.29, 1.82) is 0 Å². The summed E-state index contributed by atoms with van der Waals surface area (Å²) in [5.74, 6) is 2.15. The molecule has 150 valence electrons. The van der Waals surface area contributed by atoms with Gasteiger partial charge >= 0.3 is 0 Å². The van der Waals surface area contributed by atoms with Crippen LogP contribution < -0.4 is 10.1 Å². The van der Waals surface area contributed by atoms with Crippen LogP contribution in [0.4, 0.5) is 0 Å². The maximum Gasteiger partial charge on any atom is 0.287 e. The van der Waals surface area contributed by atoms with Crippen LogP contribution in [0.25, 0.3) is 11.0 Å². The normalized spacial score (nSPS) is 11.3. The second-order valence-corrected chi connectivity index (χ2v) is 7.73. The topological polar surface area (TPSA) is 82.2 Å². The highest BCUT2D eigenvalue weighted by Gasteiger charge is 2.15. The molecule has 0 radical (unpaired) electrons. The number of carbonyl (C=O) groups excluding carboxylic acids is 1. The molecular weight excluding hydrogens is 376 g/mol. The van der Waals surface area contributed by atoms with Crippen LogP contribution in [-0.4, -0.2) is 40.6 Å². The number of thioether (sulfide) groups is 1. The van der Waals surface area contributed by atoms with Crippen molar-refractivity contribution in [1.82, 2.24) is 20.1 Å². The fourth-order valence-electron chi connectivity index (χ4n) is 3.05. The first kappa shape index (κ1) is 20.3. The molecule has 0 spiro atoms. The van der Waals surface area contributed by atoms with E-state index in [1.165, 1.54) is 0 Å². The number of hydrogen-bond acceptors (Lipinski definition) is 6. The number of carbonyl (C=O) groups is 1. The molecule has 28 heavy (non-hydrogen) atoms. The first-order valence-corrected chi connectivity index (χ1v) is 10.6. The van der Waals surface area contributed by atoms with Gasteiger partial charge in [-0.25, -0.2) is 0 Å². The molecule has 1 aromatic carbocycles. The second kappa shape index (κ2) is 9.14. The Morgan fingerprint density at radius 2 is 2.18 bits per heavy atom. The van der Waals surface area contributed by atoms with Crippen LogP contribution in [0.3, 0.4) is 0 Å². The van der Waals surface area contributed by atoms with Crippen molar-refractivity contribution in [3.63, 3.8) is 0 Å². The number of aromatic nitrogens is 3. The van der Waals surface area contributed by atoms with Crippen molar-refractivity contribution in [3.05, 3.63) is 35.9 Å². The standard InChI is InChI=1S/C20H26N4O3S/c1-13(2)12-24-17(22-23-20(24)28-4)9-6-10-21-19(25)16-11-14-7-5-8-15(26-3)18(14)27-16/h5,7-8,11,13H,6,9-10,12H2,1-4H3,(H,21,25). The van der Waals surface area contributed by atoms with Gasteiger partial charge in [-0.3, -0.25) is 4.79 Å². The number of rotatable bonds is 9. The summed E-state index contributed by atoms with van der Waals surface area (Å²) >= 11 is 1.60. The zero-order chi connectivity index (χ0) is 20.1. The summed E-state index contributed by atoms with van der Waals surface area (Å²) in [6.45, 7) is 5.79. The number of hydrogen-bond donors (Lipinski definition) is 1. The third-order valence-electron chi connectivity index (χ3n) is 4.34. The Labute approximate surface area is 168 Å². The van der Waals surface area contributed by atoms with Crippen molar-refractivity contribution >= 4 is 28.6 Å². The van der Waals surface area contributed by atoms with Crippen LogP contribution in [-0.2, 0) is 13.0 Å². The molecule has 8 heteroatoms. The van der Waals surface area contributed by atoms with E-state index >= 15 is 0 Å². The molecule has 3 aromatic rings. The van der Waals surface area contributed by atoms with E-state index in [4.69, 9.17) is 9.15 Å². The molecular formula is C20H26N4O3S. The SMILES string of the molecule is COc1cccc2cc(C(=O)NCCCc3nnc(SC)n3CC(C)C)oc12. The number of ether oxygens (including phenoxy) is 1. The summed E-state index contributed by atoms with van der Waals surface area (Å²) in [6.07, 6.45) is 3.54. The zero-order valence-electron chi connectivity index (χ0n) is 16.7. The molecule has 0 saturated heterocycles. The first-order valence-electron chi connectivity index (χ1n) is 9.34. The van der Waals surface area contributed by atoms with Gasteiger partial charge in [0, 0.05) is 24.9 Å². The van der Waals surface area contributed by atoms with Gasteiger partial charge in [-0.15, -0.1) is 10.2 Å². The van der Waals surface area contributed by atoms with Crippen molar-refractivity contribution in [2.75, 3.05) is 19.9 Å². The molecule has 0 aliphatic rings. The third kappa shape index (κ3) is 4.49. The third-order valence-corrected chi connectivity index (χ3v) is 5.01. The number of amides is 1. The summed E-state index contributed by atoms with van der Waals surface area (Å²) in [6, 6.07) is 7.30. The molecule has 7 nitrogen and oxygen atoms in total. The molecule has 0 aliphatic carbocycles. The van der Waals surface area contributed by atoms with Crippen LogP contribution in [0.1, 0.15) is 36.6 Å². The van der Waals surface area contributed by atoms with E-state index in [2.05, 4.69) is 33.9 Å². The van der Waals surface area contributed by atoms with Crippen molar-refractivity contribution in [3.8, 4) is 5.75 Å². The Morgan fingerprint density at radius 3 is 2.89 bits per heavy atom. The van der Waals surface area contributed by atoms with E-state index in [9.17, 15) is 4.79 Å².